The van der Waals surface area contributed by atoms with Crippen LogP contribution in [0.2, 0.25) is 0 Å². The van der Waals surface area contributed by atoms with Crippen molar-refractivity contribution in [2.45, 2.75) is 33.2 Å². The lowest BCUT2D eigenvalue weighted by Gasteiger charge is -2.06. The molecule has 1 aromatic heterocycles. The van der Waals surface area contributed by atoms with Crippen LogP contribution in [0.3, 0.4) is 0 Å². The van der Waals surface area contributed by atoms with E-state index in [0.717, 1.165) is 10.4 Å². The van der Waals surface area contributed by atoms with Crippen molar-refractivity contribution < 1.29 is 9.90 Å². The molecule has 0 aliphatic heterocycles. The number of nitrogens with one attached hydrogen (secondary N) is 1. The van der Waals surface area contributed by atoms with E-state index in [1.165, 1.54) is 0 Å². The van der Waals surface area contributed by atoms with Gasteiger partial charge in [0.2, 0.25) is 5.91 Å². The third-order valence-electron chi connectivity index (χ3n) is 2.25. The van der Waals surface area contributed by atoms with E-state index in [2.05, 4.69) is 17.2 Å². The first-order chi connectivity index (χ1) is 8.63. The highest BCUT2D eigenvalue weighted by Crippen LogP contribution is 2.15. The fraction of sp³-hybridized carbons (Fsp3) is 0.500. The molecule has 1 aromatic rings. The summed E-state index contributed by atoms with van der Waals surface area (Å²) in [5.41, 5.74) is 0.943. The number of amides is 1. The van der Waals surface area contributed by atoms with E-state index < -0.39 is 0 Å². The van der Waals surface area contributed by atoms with Crippen LogP contribution in [0.15, 0.2) is 11.4 Å². The van der Waals surface area contributed by atoms with Gasteiger partial charge in [-0.05, 0) is 17.4 Å². The Hall–Kier alpha value is -1.31. The van der Waals surface area contributed by atoms with Crippen molar-refractivity contribution in [3.63, 3.8) is 0 Å². The summed E-state index contributed by atoms with van der Waals surface area (Å²) in [4.78, 5) is 12.6. The maximum atomic E-state index is 11.5. The first-order valence-corrected chi connectivity index (χ1v) is 6.94. The topological polar surface area (TPSA) is 49.3 Å². The van der Waals surface area contributed by atoms with Crippen LogP contribution >= 0.6 is 11.3 Å². The molecular weight excluding hydrogens is 246 g/mol. The van der Waals surface area contributed by atoms with Gasteiger partial charge in [0.15, 0.2) is 0 Å². The molecule has 1 rings (SSSR count). The van der Waals surface area contributed by atoms with Gasteiger partial charge in [0, 0.05) is 23.3 Å². The van der Waals surface area contributed by atoms with Crippen LogP contribution in [0.1, 0.15) is 37.1 Å². The van der Waals surface area contributed by atoms with Crippen molar-refractivity contribution in [3.05, 3.63) is 21.9 Å². The van der Waals surface area contributed by atoms with Crippen LogP contribution in [0.25, 0.3) is 0 Å². The zero-order valence-corrected chi connectivity index (χ0v) is 11.6. The molecule has 1 amide bonds. The van der Waals surface area contributed by atoms with Gasteiger partial charge in [-0.1, -0.05) is 25.7 Å². The average molecular weight is 265 g/mol. The van der Waals surface area contributed by atoms with Gasteiger partial charge >= 0.3 is 0 Å². The number of rotatable bonds is 5. The highest BCUT2D eigenvalue weighted by Gasteiger charge is 2.06. The van der Waals surface area contributed by atoms with E-state index in [4.69, 9.17) is 5.11 Å². The highest BCUT2D eigenvalue weighted by molar-refractivity contribution is 7.10. The largest absolute Gasteiger partial charge is 0.395 e. The first-order valence-electron chi connectivity index (χ1n) is 6.06. The number of aliphatic hydroxyl groups is 1. The minimum atomic E-state index is 0.0765. The summed E-state index contributed by atoms with van der Waals surface area (Å²) in [7, 11) is 0. The van der Waals surface area contributed by atoms with Gasteiger partial charge in [-0.25, -0.2) is 0 Å². The summed E-state index contributed by atoms with van der Waals surface area (Å²) in [5, 5.41) is 13.5. The second kappa shape index (κ2) is 7.91. The van der Waals surface area contributed by atoms with E-state index in [1.54, 1.807) is 11.3 Å². The monoisotopic (exact) mass is 265 g/mol. The Balaban J connectivity index is 2.51. The predicted octanol–water partition coefficient (Wildman–Crippen LogP) is 2.14. The molecule has 0 radical (unpaired) electrons. The average Bonchev–Trinajstić information content (AvgIpc) is 2.73. The van der Waals surface area contributed by atoms with Crippen LogP contribution in [-0.4, -0.2) is 17.6 Å². The van der Waals surface area contributed by atoms with Crippen molar-refractivity contribution >= 4 is 17.2 Å². The van der Waals surface area contributed by atoms with Gasteiger partial charge in [0.05, 0.1) is 13.2 Å². The van der Waals surface area contributed by atoms with E-state index in [9.17, 15) is 4.79 Å². The van der Waals surface area contributed by atoms with Crippen molar-refractivity contribution in [1.82, 2.24) is 5.32 Å². The van der Waals surface area contributed by atoms with E-state index in [1.807, 2.05) is 25.3 Å². The van der Waals surface area contributed by atoms with Crippen molar-refractivity contribution in [1.29, 1.82) is 0 Å². The van der Waals surface area contributed by atoms with Crippen LogP contribution < -0.4 is 5.32 Å². The number of aliphatic hydroxyl groups excluding tert-OH is 1. The van der Waals surface area contributed by atoms with Crippen molar-refractivity contribution in [3.8, 4) is 11.8 Å². The normalized spacial score (nSPS) is 10.0. The van der Waals surface area contributed by atoms with Gasteiger partial charge in [-0.3, -0.25) is 4.79 Å². The lowest BCUT2D eigenvalue weighted by atomic mass is 10.1. The summed E-state index contributed by atoms with van der Waals surface area (Å²) < 4.78 is 0. The molecule has 0 aliphatic carbocycles. The maximum absolute atomic E-state index is 11.5. The fourth-order valence-corrected chi connectivity index (χ4v) is 2.19. The molecule has 98 valence electrons. The Morgan fingerprint density at radius 1 is 1.56 bits per heavy atom. The highest BCUT2D eigenvalue weighted by atomic mass is 32.1. The lowest BCUT2D eigenvalue weighted by Crippen LogP contribution is -2.23. The molecule has 0 saturated carbocycles. The SMILES string of the molecule is CC(C)CC(=O)NCc1sccc1C#CCCO. The van der Waals surface area contributed by atoms with Gasteiger partial charge in [0.1, 0.15) is 0 Å². The molecule has 0 saturated heterocycles. The Kier molecular flexibility index (Phi) is 6.48. The first kappa shape index (κ1) is 14.7. The van der Waals surface area contributed by atoms with Gasteiger partial charge in [-0.2, -0.15) is 0 Å². The van der Waals surface area contributed by atoms with Crippen LogP contribution in [-0.2, 0) is 11.3 Å². The molecule has 2 N–H and O–H groups in total. The number of hydrogen-bond donors (Lipinski definition) is 2. The summed E-state index contributed by atoms with van der Waals surface area (Å²) in [6, 6.07) is 1.94. The molecule has 0 unspecified atom stereocenters. The Morgan fingerprint density at radius 2 is 2.33 bits per heavy atom. The van der Waals surface area contributed by atoms with Gasteiger partial charge in [0.25, 0.3) is 0 Å². The fourth-order valence-electron chi connectivity index (χ4n) is 1.42. The van der Waals surface area contributed by atoms with Crippen molar-refractivity contribution in [2.24, 2.45) is 5.92 Å². The molecule has 0 spiro atoms. The van der Waals surface area contributed by atoms with Gasteiger partial charge < -0.3 is 10.4 Å². The minimum absolute atomic E-state index is 0.0765. The molecule has 0 aliphatic rings. The third-order valence-corrected chi connectivity index (χ3v) is 3.17. The Labute approximate surface area is 112 Å². The van der Waals surface area contributed by atoms with Gasteiger partial charge in [-0.15, -0.1) is 11.3 Å². The van der Waals surface area contributed by atoms with Crippen LogP contribution in [0, 0.1) is 17.8 Å². The Morgan fingerprint density at radius 3 is 3.00 bits per heavy atom. The third kappa shape index (κ3) is 5.35. The van der Waals surface area contributed by atoms with E-state index >= 15 is 0 Å². The molecule has 4 heteroatoms. The number of carbonyl (C=O) groups is 1. The zero-order valence-electron chi connectivity index (χ0n) is 10.8. The minimum Gasteiger partial charge on any atom is -0.395 e. The maximum Gasteiger partial charge on any atom is 0.220 e. The number of hydrogen-bond acceptors (Lipinski definition) is 3. The molecular formula is C14H19NO2S. The standard InChI is InChI=1S/C14H19NO2S/c1-11(2)9-14(17)15-10-13-12(6-8-18-13)5-3-4-7-16/h6,8,11,16H,4,7,9-10H2,1-2H3,(H,15,17). The molecule has 3 nitrogen and oxygen atoms in total. The van der Waals surface area contributed by atoms with E-state index in [0.29, 0.717) is 25.3 Å². The predicted molar refractivity (Wildman–Crippen MR) is 74.2 cm³/mol. The lowest BCUT2D eigenvalue weighted by molar-refractivity contribution is -0.121. The van der Waals surface area contributed by atoms with Crippen molar-refractivity contribution in [2.75, 3.05) is 6.61 Å². The second-order valence-electron chi connectivity index (χ2n) is 4.41. The number of thiophene rings is 1. The van der Waals surface area contributed by atoms with Crippen LogP contribution in [0.4, 0.5) is 0 Å². The molecule has 1 heterocycles. The molecule has 0 atom stereocenters. The number of carbonyl (C=O) groups excluding carboxylic acids is 1. The zero-order chi connectivity index (χ0) is 13.4. The smallest absolute Gasteiger partial charge is 0.220 e. The second-order valence-corrected chi connectivity index (χ2v) is 5.41. The molecule has 0 aromatic carbocycles. The molecule has 0 fully saturated rings. The molecule has 0 bridgehead atoms. The van der Waals surface area contributed by atoms with E-state index in [-0.39, 0.29) is 12.5 Å². The Bertz CT molecular complexity index is 440. The van der Waals surface area contributed by atoms with Crippen LogP contribution in [0.5, 0.6) is 0 Å². The molecule has 18 heavy (non-hydrogen) atoms. The summed E-state index contributed by atoms with van der Waals surface area (Å²) in [6.45, 7) is 4.66. The summed E-state index contributed by atoms with van der Waals surface area (Å²) >= 11 is 1.59. The quantitative estimate of drug-likeness (QED) is 0.801. The summed E-state index contributed by atoms with van der Waals surface area (Å²) in [6.07, 6.45) is 1.03. The summed E-state index contributed by atoms with van der Waals surface area (Å²) in [5.74, 6) is 6.35.